The van der Waals surface area contributed by atoms with E-state index in [9.17, 15) is 8.78 Å². The first-order valence-corrected chi connectivity index (χ1v) is 8.65. The number of nitrogens with one attached hydrogen (secondary N) is 2. The molecule has 4 rings (SSSR count). The minimum Gasteiger partial charge on any atom is -0.323 e. The van der Waals surface area contributed by atoms with Crippen molar-refractivity contribution in [2.24, 2.45) is 5.73 Å². The van der Waals surface area contributed by atoms with Crippen molar-refractivity contribution in [1.29, 1.82) is 0 Å². The van der Waals surface area contributed by atoms with E-state index in [4.69, 9.17) is 5.73 Å². The Morgan fingerprint density at radius 2 is 1.79 bits per heavy atom. The standard InChI is InChI=1S/C20H18F2N6/c1-20(2,23)19-24-18(27-28-19)13-9-14-16(25-26-17(14)10-15(13)22)8-5-11-3-6-12(21)7-4-11/h3-10H,23H2,1-2H3,(H,25,26)(H,24,27,28)/b8-5+. The molecule has 2 heterocycles. The van der Waals surface area contributed by atoms with Crippen molar-refractivity contribution in [2.75, 3.05) is 0 Å². The smallest absolute Gasteiger partial charge is 0.164 e. The van der Waals surface area contributed by atoms with E-state index in [1.807, 2.05) is 6.08 Å². The second kappa shape index (κ2) is 6.65. The molecule has 8 heteroatoms. The fourth-order valence-corrected chi connectivity index (χ4v) is 2.79. The van der Waals surface area contributed by atoms with Gasteiger partial charge in [0.05, 0.1) is 22.3 Å². The summed E-state index contributed by atoms with van der Waals surface area (Å²) in [4.78, 5) is 2.98. The minimum atomic E-state index is -0.718. The average molecular weight is 380 g/mol. The third-order valence-electron chi connectivity index (χ3n) is 4.34. The third-order valence-corrected chi connectivity index (χ3v) is 4.34. The van der Waals surface area contributed by atoms with Gasteiger partial charge in [-0.3, -0.25) is 5.10 Å². The van der Waals surface area contributed by atoms with Crippen LogP contribution in [0.15, 0.2) is 36.4 Å². The van der Waals surface area contributed by atoms with Crippen LogP contribution >= 0.6 is 0 Å². The SMILES string of the molecule is CC(C)(N)c1nnc(-c2cc3c(/C=C/c4ccc(F)cc4)n[nH]c3cc2F)[nH]1. The molecule has 4 N–H and O–H groups in total. The number of benzene rings is 2. The summed E-state index contributed by atoms with van der Waals surface area (Å²) in [5.74, 6) is 0.00511. The van der Waals surface area contributed by atoms with Crippen molar-refractivity contribution in [2.45, 2.75) is 19.4 Å². The van der Waals surface area contributed by atoms with Gasteiger partial charge in [-0.15, -0.1) is 10.2 Å². The van der Waals surface area contributed by atoms with Crippen LogP contribution < -0.4 is 5.73 Å². The molecule has 0 aliphatic carbocycles. The molecule has 0 saturated heterocycles. The van der Waals surface area contributed by atoms with E-state index in [0.717, 1.165) is 10.9 Å². The Kier molecular flexibility index (Phi) is 4.27. The lowest BCUT2D eigenvalue weighted by atomic mass is 10.1. The summed E-state index contributed by atoms with van der Waals surface area (Å²) < 4.78 is 27.6. The summed E-state index contributed by atoms with van der Waals surface area (Å²) in [6.07, 6.45) is 3.59. The largest absolute Gasteiger partial charge is 0.323 e. The van der Waals surface area contributed by atoms with E-state index >= 15 is 0 Å². The fourth-order valence-electron chi connectivity index (χ4n) is 2.79. The number of fused-ring (bicyclic) bond motifs is 1. The van der Waals surface area contributed by atoms with Crippen LogP contribution in [0.25, 0.3) is 34.4 Å². The molecule has 142 valence electrons. The summed E-state index contributed by atoms with van der Waals surface area (Å²) in [6.45, 7) is 3.57. The van der Waals surface area contributed by atoms with Gasteiger partial charge >= 0.3 is 0 Å². The van der Waals surface area contributed by atoms with Crippen molar-refractivity contribution >= 4 is 23.1 Å². The van der Waals surface area contributed by atoms with Gasteiger partial charge in [0, 0.05) is 11.5 Å². The number of aromatic nitrogens is 5. The van der Waals surface area contributed by atoms with Gasteiger partial charge in [0.1, 0.15) is 17.5 Å². The molecule has 0 fully saturated rings. The minimum absolute atomic E-state index is 0.272. The van der Waals surface area contributed by atoms with E-state index < -0.39 is 11.4 Å². The van der Waals surface area contributed by atoms with Gasteiger partial charge in [0.2, 0.25) is 0 Å². The fraction of sp³-hybridized carbons (Fsp3) is 0.150. The van der Waals surface area contributed by atoms with Crippen molar-refractivity contribution < 1.29 is 8.78 Å². The molecule has 2 aromatic carbocycles. The summed E-state index contributed by atoms with van der Waals surface area (Å²) in [5.41, 5.74) is 7.57. The predicted molar refractivity (Wildman–Crippen MR) is 104 cm³/mol. The first-order valence-electron chi connectivity index (χ1n) is 8.65. The summed E-state index contributed by atoms with van der Waals surface area (Å²) >= 11 is 0. The number of H-pyrrole nitrogens is 2. The average Bonchev–Trinajstić information content (AvgIpc) is 3.27. The Labute approximate surface area is 159 Å². The van der Waals surface area contributed by atoms with E-state index in [0.29, 0.717) is 22.9 Å². The van der Waals surface area contributed by atoms with Crippen LogP contribution in [-0.4, -0.2) is 25.4 Å². The van der Waals surface area contributed by atoms with Crippen LogP contribution in [0.1, 0.15) is 30.9 Å². The first kappa shape index (κ1) is 18.0. The topological polar surface area (TPSA) is 96.3 Å². The zero-order valence-electron chi connectivity index (χ0n) is 15.3. The molecule has 0 saturated carbocycles. The van der Waals surface area contributed by atoms with Gasteiger partial charge in [0.15, 0.2) is 5.82 Å². The Morgan fingerprint density at radius 1 is 1.04 bits per heavy atom. The van der Waals surface area contributed by atoms with Crippen molar-refractivity contribution in [1.82, 2.24) is 25.4 Å². The molecule has 0 radical (unpaired) electrons. The van der Waals surface area contributed by atoms with E-state index in [1.54, 1.807) is 38.1 Å². The number of aromatic amines is 2. The van der Waals surface area contributed by atoms with Crippen LogP contribution in [0.5, 0.6) is 0 Å². The highest BCUT2D eigenvalue weighted by atomic mass is 19.1. The lowest BCUT2D eigenvalue weighted by Crippen LogP contribution is -2.30. The van der Waals surface area contributed by atoms with Crippen LogP contribution in [0.2, 0.25) is 0 Å². The van der Waals surface area contributed by atoms with Crippen LogP contribution in [0.4, 0.5) is 8.78 Å². The monoisotopic (exact) mass is 380 g/mol. The summed E-state index contributed by atoms with van der Waals surface area (Å²) in [7, 11) is 0. The van der Waals surface area contributed by atoms with Gasteiger partial charge in [0.25, 0.3) is 0 Å². The van der Waals surface area contributed by atoms with E-state index in [1.165, 1.54) is 18.2 Å². The Bertz CT molecular complexity index is 1170. The predicted octanol–water partition coefficient (Wildman–Crippen LogP) is 3.99. The maximum Gasteiger partial charge on any atom is 0.164 e. The molecule has 0 amide bonds. The van der Waals surface area contributed by atoms with Crippen molar-refractivity contribution in [3.8, 4) is 11.4 Å². The van der Waals surface area contributed by atoms with E-state index in [-0.39, 0.29) is 11.4 Å². The lowest BCUT2D eigenvalue weighted by Gasteiger charge is -2.13. The van der Waals surface area contributed by atoms with E-state index in [2.05, 4.69) is 25.4 Å². The van der Waals surface area contributed by atoms with Gasteiger partial charge < -0.3 is 10.7 Å². The van der Waals surface area contributed by atoms with Gasteiger partial charge in [-0.25, -0.2) is 8.78 Å². The van der Waals surface area contributed by atoms with Gasteiger partial charge in [-0.2, -0.15) is 5.10 Å². The number of nitrogens with zero attached hydrogens (tertiary/aromatic N) is 3. The number of nitrogens with two attached hydrogens (primary N) is 1. The Morgan fingerprint density at radius 3 is 2.46 bits per heavy atom. The molecule has 0 aliphatic rings. The van der Waals surface area contributed by atoms with Crippen LogP contribution in [-0.2, 0) is 5.54 Å². The van der Waals surface area contributed by atoms with Crippen molar-refractivity contribution in [3.63, 3.8) is 0 Å². The van der Waals surface area contributed by atoms with Crippen LogP contribution in [0.3, 0.4) is 0 Å². The zero-order valence-corrected chi connectivity index (χ0v) is 15.3. The normalized spacial score (nSPS) is 12.3. The summed E-state index contributed by atoms with van der Waals surface area (Å²) in [5, 5.41) is 15.8. The first-order chi connectivity index (χ1) is 13.3. The second-order valence-corrected chi connectivity index (χ2v) is 7.12. The van der Waals surface area contributed by atoms with Gasteiger partial charge in [-0.1, -0.05) is 18.2 Å². The lowest BCUT2D eigenvalue weighted by molar-refractivity contribution is 0.516. The summed E-state index contributed by atoms with van der Waals surface area (Å²) in [6, 6.07) is 9.12. The quantitative estimate of drug-likeness (QED) is 0.499. The second-order valence-electron chi connectivity index (χ2n) is 7.12. The molecule has 0 unspecified atom stereocenters. The molecule has 28 heavy (non-hydrogen) atoms. The Balaban J connectivity index is 1.74. The maximum absolute atomic E-state index is 14.6. The molecule has 0 atom stereocenters. The van der Waals surface area contributed by atoms with Gasteiger partial charge in [-0.05, 0) is 43.7 Å². The number of hydrogen-bond acceptors (Lipinski definition) is 4. The molecule has 0 aliphatic heterocycles. The maximum atomic E-state index is 14.6. The van der Waals surface area contributed by atoms with Crippen LogP contribution in [0, 0.1) is 11.6 Å². The molecule has 0 bridgehead atoms. The molecule has 6 nitrogen and oxygen atoms in total. The third kappa shape index (κ3) is 3.41. The highest BCUT2D eigenvalue weighted by Crippen LogP contribution is 2.28. The zero-order chi connectivity index (χ0) is 19.9. The molecule has 0 spiro atoms. The number of halogens is 2. The van der Waals surface area contributed by atoms with Crippen molar-refractivity contribution in [3.05, 3.63) is 65.1 Å². The highest BCUT2D eigenvalue weighted by Gasteiger charge is 2.21. The molecule has 4 aromatic rings. The molecular formula is C20H18F2N6. The molecular weight excluding hydrogens is 362 g/mol. The Hall–Kier alpha value is -3.39. The molecule has 2 aromatic heterocycles. The number of rotatable bonds is 4. The highest BCUT2D eigenvalue weighted by molar-refractivity contribution is 5.92. The number of hydrogen-bond donors (Lipinski definition) is 3.